The van der Waals surface area contributed by atoms with E-state index in [9.17, 15) is 19.7 Å². The van der Waals surface area contributed by atoms with Crippen molar-refractivity contribution in [2.75, 3.05) is 11.5 Å². The van der Waals surface area contributed by atoms with Crippen molar-refractivity contribution in [3.63, 3.8) is 0 Å². The maximum atomic E-state index is 14.1. The maximum absolute atomic E-state index is 14.1. The zero-order valence-corrected chi connectivity index (χ0v) is 27.7. The summed E-state index contributed by atoms with van der Waals surface area (Å²) in [6.45, 7) is 0.233. The molecule has 1 aromatic heterocycles. The van der Waals surface area contributed by atoms with Crippen molar-refractivity contribution in [3.05, 3.63) is 130 Å². The van der Waals surface area contributed by atoms with Crippen LogP contribution >= 0.6 is 15.9 Å². The van der Waals surface area contributed by atoms with Crippen LogP contribution in [0.15, 0.2) is 119 Å². The lowest BCUT2D eigenvalue weighted by Gasteiger charge is -2.43. The molecule has 0 saturated carbocycles. The Balaban J connectivity index is 1.25. The van der Waals surface area contributed by atoms with E-state index < -0.39 is 31.0 Å². The molecule has 3 heterocycles. The number of carbonyl (C=O) groups excluding carboxylic acids is 2. The number of para-hydroxylation sites is 2. The van der Waals surface area contributed by atoms with Crippen molar-refractivity contribution < 1.29 is 29.1 Å². The molecule has 10 heteroatoms. The minimum absolute atomic E-state index is 0.143. The summed E-state index contributed by atoms with van der Waals surface area (Å²) >= 11 is 3.50. The van der Waals surface area contributed by atoms with Crippen molar-refractivity contribution in [1.29, 1.82) is 0 Å². The number of hydrogen-bond acceptors (Lipinski definition) is 7. The largest absolute Gasteiger partial charge is 0.507 e. The number of ether oxygens (including phenoxy) is 1. The number of halogens is 1. The van der Waals surface area contributed by atoms with Gasteiger partial charge in [0.25, 0.3) is 0 Å². The number of phenols is 1. The molecule has 242 valence electrons. The topological polar surface area (TPSA) is 109 Å². The highest BCUT2D eigenvalue weighted by Gasteiger charge is 2.57. The fraction of sp³-hybridized carbons (Fsp3) is 0.237. The Kier molecular flexibility index (Phi) is 9.30. The van der Waals surface area contributed by atoms with E-state index in [0.717, 1.165) is 26.9 Å². The van der Waals surface area contributed by atoms with E-state index in [1.807, 2.05) is 78.9 Å². The first-order chi connectivity index (χ1) is 23.4. The van der Waals surface area contributed by atoms with Crippen LogP contribution < -0.4 is 9.64 Å². The molecule has 4 atom stereocenters. The second kappa shape index (κ2) is 13.9. The van der Waals surface area contributed by atoms with Gasteiger partial charge in [0, 0.05) is 16.2 Å². The molecule has 3 aromatic carbocycles. The predicted molar refractivity (Wildman–Crippen MR) is 188 cm³/mol. The van der Waals surface area contributed by atoms with Gasteiger partial charge in [0.05, 0.1) is 29.3 Å². The van der Waals surface area contributed by atoms with E-state index in [0.29, 0.717) is 36.3 Å². The van der Waals surface area contributed by atoms with Crippen LogP contribution in [0, 0.1) is 17.8 Å². The molecule has 2 saturated heterocycles. The average Bonchev–Trinajstić information content (AvgIpc) is 3.36. The number of amides is 2. The van der Waals surface area contributed by atoms with Gasteiger partial charge in [0.2, 0.25) is 11.8 Å². The zero-order chi connectivity index (χ0) is 33.2. The number of aromatic hydroxyl groups is 1. The van der Waals surface area contributed by atoms with E-state index in [2.05, 4.69) is 20.9 Å². The predicted octanol–water partition coefficient (Wildman–Crippen LogP) is 6.95. The summed E-state index contributed by atoms with van der Waals surface area (Å²) in [5.41, 5.74) is 4.68. The van der Waals surface area contributed by atoms with Crippen molar-refractivity contribution in [3.8, 4) is 11.5 Å². The van der Waals surface area contributed by atoms with Crippen molar-refractivity contribution >= 4 is 52.2 Å². The number of nitrogens with zero attached hydrogens (tertiary/aromatic N) is 2. The number of allylic oxidation sites excluding steroid dienone is 1. The quantitative estimate of drug-likeness (QED) is 0.110. The van der Waals surface area contributed by atoms with Crippen LogP contribution in [0.1, 0.15) is 30.5 Å². The number of rotatable bonds is 9. The number of imide groups is 1. The molecule has 2 aliphatic heterocycles. The van der Waals surface area contributed by atoms with E-state index in [1.54, 1.807) is 30.5 Å². The molecule has 0 unspecified atom stereocenters. The minimum atomic E-state index is -1.11. The number of aromatic nitrogens is 1. The molecule has 0 radical (unpaired) electrons. The molecule has 2 fully saturated rings. The summed E-state index contributed by atoms with van der Waals surface area (Å²) in [5, 5.41) is 21.7. The third kappa shape index (κ3) is 6.48. The normalized spacial score (nSPS) is 22.5. The van der Waals surface area contributed by atoms with Gasteiger partial charge in [0.1, 0.15) is 18.1 Å². The monoisotopic (exact) mass is 704 g/mol. The highest BCUT2D eigenvalue weighted by molar-refractivity contribution is 9.10. The molecular weight excluding hydrogens is 671 g/mol. The molecule has 7 rings (SSSR count). The lowest BCUT2D eigenvalue weighted by Crippen LogP contribution is -2.46. The average molecular weight is 705 g/mol. The molecule has 4 aromatic rings. The van der Waals surface area contributed by atoms with Gasteiger partial charge in [-0.3, -0.25) is 19.5 Å². The third-order valence-electron chi connectivity index (χ3n) is 9.47. The smallest absolute Gasteiger partial charge is 0.455 e. The molecule has 1 aliphatic carbocycles. The molecule has 2 N–H and O–H groups in total. The minimum Gasteiger partial charge on any atom is -0.507 e. The lowest BCUT2D eigenvalue weighted by molar-refractivity contribution is -0.122. The van der Waals surface area contributed by atoms with E-state index in [1.165, 1.54) is 4.90 Å². The summed E-state index contributed by atoms with van der Waals surface area (Å²) in [6.07, 6.45) is 4.65. The van der Waals surface area contributed by atoms with Gasteiger partial charge in [-0.1, -0.05) is 58.4 Å². The standard InChI is InChI=1S/C38H34BBrN2O6/c40-27-15-16-33(43)25(20-27)19-24(32-13-7-8-18-41-32)14-17-34-35-26(23-47-29-11-5-2-6-12-29)21-30-36(31(35)22-39(46)48-34)38(45)42(37(30)44)28-9-3-1-4-10-28/h1-13,15-16,18-20,30-31,34,36,43,46H,14,17,21-23H2/b24-19-/t30-,31+,34-,36-/m1/s1. The Labute approximate surface area is 288 Å². The van der Waals surface area contributed by atoms with Gasteiger partial charge in [-0.05, 0) is 109 Å². The fourth-order valence-electron chi connectivity index (χ4n) is 7.36. The molecule has 2 amide bonds. The van der Waals surface area contributed by atoms with E-state index in [4.69, 9.17) is 9.39 Å². The number of benzene rings is 3. The third-order valence-corrected chi connectivity index (χ3v) is 9.96. The highest BCUT2D eigenvalue weighted by atomic mass is 79.9. The summed E-state index contributed by atoms with van der Waals surface area (Å²) in [6, 6.07) is 29.5. The summed E-state index contributed by atoms with van der Waals surface area (Å²) in [5.74, 6) is -1.19. The Hall–Kier alpha value is -4.51. The van der Waals surface area contributed by atoms with Gasteiger partial charge < -0.3 is 19.5 Å². The number of phenolic OH excluding ortho intramolecular Hbond substituents is 1. The van der Waals surface area contributed by atoms with Crippen molar-refractivity contribution in [2.45, 2.75) is 31.7 Å². The summed E-state index contributed by atoms with van der Waals surface area (Å²) in [7, 11) is -1.11. The number of fused-ring (bicyclic) bond motifs is 3. The highest BCUT2D eigenvalue weighted by Crippen LogP contribution is 2.51. The molecule has 48 heavy (non-hydrogen) atoms. The van der Waals surface area contributed by atoms with Gasteiger partial charge in [-0.25, -0.2) is 0 Å². The van der Waals surface area contributed by atoms with Crippen LogP contribution in [-0.2, 0) is 14.2 Å². The van der Waals surface area contributed by atoms with Crippen LogP contribution in [0.5, 0.6) is 11.5 Å². The Morgan fingerprint density at radius 3 is 2.48 bits per heavy atom. The first kappa shape index (κ1) is 32.1. The molecule has 0 bridgehead atoms. The number of hydrogen-bond donors (Lipinski definition) is 2. The summed E-state index contributed by atoms with van der Waals surface area (Å²) in [4.78, 5) is 33.9. The van der Waals surface area contributed by atoms with Crippen LogP contribution in [0.25, 0.3) is 11.6 Å². The van der Waals surface area contributed by atoms with E-state index in [-0.39, 0.29) is 30.5 Å². The van der Waals surface area contributed by atoms with E-state index >= 15 is 0 Å². The van der Waals surface area contributed by atoms with Gasteiger partial charge in [-0.15, -0.1) is 0 Å². The van der Waals surface area contributed by atoms with Crippen LogP contribution in [-0.4, -0.2) is 46.8 Å². The Bertz CT molecular complexity index is 1870. The van der Waals surface area contributed by atoms with Crippen LogP contribution in [0.3, 0.4) is 0 Å². The number of carbonyl (C=O) groups is 2. The van der Waals surface area contributed by atoms with Crippen molar-refractivity contribution in [1.82, 2.24) is 4.98 Å². The van der Waals surface area contributed by atoms with Gasteiger partial charge >= 0.3 is 7.12 Å². The first-order valence-electron chi connectivity index (χ1n) is 16.1. The molecule has 3 aliphatic rings. The number of pyridine rings is 1. The van der Waals surface area contributed by atoms with Crippen LogP contribution in [0.4, 0.5) is 5.69 Å². The Morgan fingerprint density at radius 2 is 1.73 bits per heavy atom. The fourth-order valence-corrected chi connectivity index (χ4v) is 7.74. The second-order valence-electron chi connectivity index (χ2n) is 12.4. The van der Waals surface area contributed by atoms with Crippen LogP contribution in [0.2, 0.25) is 6.32 Å². The SMILES string of the molecule is O=C1[C@@H]2[C@@H](CC(COc3ccccc3)=C3[C@@H](CC/C(=C/c4cc(Br)ccc4O)c4ccccn4)OB(O)C[C@@H]32)C(=O)N1c1ccccc1. The number of anilines is 1. The maximum Gasteiger partial charge on any atom is 0.455 e. The lowest BCUT2D eigenvalue weighted by atomic mass is 9.58. The molecule has 0 spiro atoms. The molecule has 8 nitrogen and oxygen atoms in total. The molecular formula is C38H34BBrN2O6. The second-order valence-corrected chi connectivity index (χ2v) is 13.3. The Morgan fingerprint density at radius 1 is 0.979 bits per heavy atom. The summed E-state index contributed by atoms with van der Waals surface area (Å²) < 4.78 is 13.4. The first-order valence-corrected chi connectivity index (χ1v) is 16.9. The van der Waals surface area contributed by atoms with Gasteiger partial charge in [0.15, 0.2) is 0 Å². The zero-order valence-electron chi connectivity index (χ0n) is 26.1. The van der Waals surface area contributed by atoms with Gasteiger partial charge in [-0.2, -0.15) is 0 Å². The van der Waals surface area contributed by atoms with Crippen molar-refractivity contribution in [2.24, 2.45) is 17.8 Å².